The lowest BCUT2D eigenvalue weighted by molar-refractivity contribution is -0.173. The third-order valence-corrected chi connectivity index (χ3v) is 11.1. The smallest absolute Gasteiger partial charge is 0.303 e. The fourth-order valence-corrected chi connectivity index (χ4v) is 9.58. The van der Waals surface area contributed by atoms with E-state index in [0.717, 1.165) is 36.0 Å². The Bertz CT molecular complexity index is 676. The topological polar surface area (TPSA) is 26.3 Å². The fraction of sp³-hybridized carbons (Fsp3) is 0.966. The number of halogens is 1. The number of fused-ring (bicyclic) bond motifs is 5. The van der Waals surface area contributed by atoms with Gasteiger partial charge in [0.15, 0.2) is 0 Å². The summed E-state index contributed by atoms with van der Waals surface area (Å²) in [4.78, 5) is 11.5. The fourth-order valence-electron chi connectivity index (χ4n) is 9.58. The number of hydrogen-bond donors (Lipinski definition) is 0. The molecule has 0 aliphatic heterocycles. The molecule has 4 aliphatic carbocycles. The largest absolute Gasteiger partial charge is 0.459 e. The van der Waals surface area contributed by atoms with E-state index in [2.05, 4.69) is 34.6 Å². The number of carbonyl (C=O) groups excluding carboxylic acids is 1. The van der Waals surface area contributed by atoms with E-state index in [9.17, 15) is 4.79 Å². The number of esters is 1. The van der Waals surface area contributed by atoms with Crippen molar-refractivity contribution in [1.82, 2.24) is 0 Å². The molecule has 4 saturated carbocycles. The highest BCUT2D eigenvalue weighted by Crippen LogP contribution is 2.68. The summed E-state index contributed by atoms with van der Waals surface area (Å²) in [6.07, 6.45) is 11.9. The molecule has 184 valence electrons. The zero-order chi connectivity index (χ0) is 23.3. The highest BCUT2D eigenvalue weighted by atomic mass is 19.1. The third kappa shape index (κ3) is 4.28. The van der Waals surface area contributed by atoms with E-state index in [1.165, 1.54) is 64.7 Å². The molecule has 0 heterocycles. The van der Waals surface area contributed by atoms with Crippen LogP contribution >= 0.6 is 0 Å². The number of hydrogen-bond acceptors (Lipinski definition) is 2. The zero-order valence-corrected chi connectivity index (χ0v) is 21.7. The summed E-state index contributed by atoms with van der Waals surface area (Å²) in [6.45, 7) is 13.7. The Morgan fingerprint density at radius 2 is 1.72 bits per heavy atom. The summed E-state index contributed by atoms with van der Waals surface area (Å²) in [5.74, 6) is 4.98. The summed E-state index contributed by atoms with van der Waals surface area (Å²) in [5, 5.41) is 0. The van der Waals surface area contributed by atoms with Gasteiger partial charge in [-0.05, 0) is 104 Å². The standard InChI is InChI=1S/C29H49FO2/c1-18(2)8-7-9-19(3)23-12-13-24-22-11-10-21-16-27(32-20(4)31)26(30)17-29(21,6)25(22)14-15-28(23,24)5/h18-19,21-27H,7-17H2,1-6H3/t19-,21+,22+,23-,24+,25+,26-,27-,28-,29+/m1/s1. The second kappa shape index (κ2) is 9.21. The Labute approximate surface area is 196 Å². The van der Waals surface area contributed by atoms with Gasteiger partial charge in [-0.1, -0.05) is 53.9 Å². The minimum atomic E-state index is -0.996. The SMILES string of the molecule is CC(=O)O[C@@H]1C[C@@H]2CC[C@@H]3[C@H](CC[C@]4(C)[C@@H]([C@H](C)CCCC(C)C)CC[C@@H]34)[C@@]2(C)C[C@H]1F. The number of rotatable bonds is 6. The van der Waals surface area contributed by atoms with Crippen LogP contribution in [-0.4, -0.2) is 18.2 Å². The molecule has 4 fully saturated rings. The quantitative estimate of drug-likeness (QED) is 0.385. The van der Waals surface area contributed by atoms with Crippen molar-refractivity contribution in [2.45, 2.75) is 124 Å². The highest BCUT2D eigenvalue weighted by Gasteiger charge is 2.61. The molecule has 0 aromatic heterocycles. The van der Waals surface area contributed by atoms with E-state index in [1.54, 1.807) is 0 Å². The maximum atomic E-state index is 15.2. The number of carbonyl (C=O) groups is 1. The molecule has 2 nitrogen and oxygen atoms in total. The van der Waals surface area contributed by atoms with Crippen molar-refractivity contribution in [2.75, 3.05) is 0 Å². The monoisotopic (exact) mass is 448 g/mol. The van der Waals surface area contributed by atoms with E-state index >= 15 is 4.39 Å². The molecule has 0 aromatic rings. The molecule has 32 heavy (non-hydrogen) atoms. The van der Waals surface area contributed by atoms with Crippen LogP contribution in [0.2, 0.25) is 0 Å². The first-order valence-electron chi connectivity index (χ1n) is 13.9. The van der Waals surface area contributed by atoms with Crippen molar-refractivity contribution in [2.24, 2.45) is 52.3 Å². The first-order valence-corrected chi connectivity index (χ1v) is 13.9. The summed E-state index contributed by atoms with van der Waals surface area (Å²) in [5.41, 5.74) is 0.576. The molecule has 0 radical (unpaired) electrons. The lowest BCUT2D eigenvalue weighted by atomic mass is 9.44. The molecule has 0 spiro atoms. The van der Waals surface area contributed by atoms with E-state index < -0.39 is 12.3 Å². The summed E-state index contributed by atoms with van der Waals surface area (Å²) in [6, 6.07) is 0. The predicted octanol–water partition coefficient (Wildman–Crippen LogP) is 7.99. The van der Waals surface area contributed by atoms with Crippen molar-refractivity contribution in [3.8, 4) is 0 Å². The van der Waals surface area contributed by atoms with Crippen molar-refractivity contribution in [1.29, 1.82) is 0 Å². The van der Waals surface area contributed by atoms with Crippen LogP contribution in [-0.2, 0) is 9.53 Å². The molecule has 0 bridgehead atoms. The maximum absolute atomic E-state index is 15.2. The van der Waals surface area contributed by atoms with Crippen LogP contribution in [0, 0.1) is 52.3 Å². The molecule has 4 aliphatic rings. The summed E-state index contributed by atoms with van der Waals surface area (Å²) < 4.78 is 20.6. The zero-order valence-electron chi connectivity index (χ0n) is 21.7. The van der Waals surface area contributed by atoms with Crippen molar-refractivity contribution in [3.63, 3.8) is 0 Å². The van der Waals surface area contributed by atoms with E-state index in [-0.39, 0.29) is 11.4 Å². The first kappa shape index (κ1) is 24.5. The van der Waals surface area contributed by atoms with Gasteiger partial charge in [0, 0.05) is 6.92 Å². The van der Waals surface area contributed by atoms with Gasteiger partial charge in [0.1, 0.15) is 12.3 Å². The van der Waals surface area contributed by atoms with Gasteiger partial charge < -0.3 is 4.74 Å². The van der Waals surface area contributed by atoms with Crippen molar-refractivity contribution < 1.29 is 13.9 Å². The molecule has 0 saturated heterocycles. The Morgan fingerprint density at radius 3 is 2.41 bits per heavy atom. The van der Waals surface area contributed by atoms with Gasteiger partial charge in [-0.3, -0.25) is 4.79 Å². The molecular formula is C29H49FO2. The van der Waals surface area contributed by atoms with E-state index in [4.69, 9.17) is 4.74 Å². The lowest BCUT2D eigenvalue weighted by Crippen LogP contribution is -2.56. The van der Waals surface area contributed by atoms with Crippen LogP contribution in [0.4, 0.5) is 4.39 Å². The average molecular weight is 449 g/mol. The minimum Gasteiger partial charge on any atom is -0.459 e. The van der Waals surface area contributed by atoms with Gasteiger partial charge in [-0.25, -0.2) is 4.39 Å². The van der Waals surface area contributed by atoms with Crippen molar-refractivity contribution >= 4 is 5.97 Å². The van der Waals surface area contributed by atoms with Gasteiger partial charge in [0.2, 0.25) is 0 Å². The number of alkyl halides is 1. The maximum Gasteiger partial charge on any atom is 0.303 e. The molecular weight excluding hydrogens is 399 g/mol. The van der Waals surface area contributed by atoms with Crippen LogP contribution < -0.4 is 0 Å². The van der Waals surface area contributed by atoms with E-state index in [0.29, 0.717) is 23.7 Å². The van der Waals surface area contributed by atoms with Crippen LogP contribution in [0.25, 0.3) is 0 Å². The normalized spacial score (nSPS) is 46.8. The second-order valence-electron chi connectivity index (χ2n) is 13.3. The predicted molar refractivity (Wildman–Crippen MR) is 129 cm³/mol. The van der Waals surface area contributed by atoms with E-state index in [1.807, 2.05) is 0 Å². The van der Waals surface area contributed by atoms with Crippen LogP contribution in [0.15, 0.2) is 0 Å². The van der Waals surface area contributed by atoms with Crippen molar-refractivity contribution in [3.05, 3.63) is 0 Å². The molecule has 4 rings (SSSR count). The third-order valence-electron chi connectivity index (χ3n) is 11.1. The van der Waals surface area contributed by atoms with Crippen LogP contribution in [0.5, 0.6) is 0 Å². The lowest BCUT2D eigenvalue weighted by Gasteiger charge is -2.61. The van der Waals surface area contributed by atoms with Gasteiger partial charge in [-0.15, -0.1) is 0 Å². The van der Waals surface area contributed by atoms with Gasteiger partial charge >= 0.3 is 5.97 Å². The molecule has 0 unspecified atom stereocenters. The minimum absolute atomic E-state index is 0.0846. The first-order chi connectivity index (χ1) is 15.1. The Balaban J connectivity index is 1.46. The van der Waals surface area contributed by atoms with Gasteiger partial charge in [0.25, 0.3) is 0 Å². The molecule has 0 amide bonds. The summed E-state index contributed by atoms with van der Waals surface area (Å²) >= 11 is 0. The van der Waals surface area contributed by atoms with Crippen LogP contribution in [0.3, 0.4) is 0 Å². The average Bonchev–Trinajstić information content (AvgIpc) is 3.05. The second-order valence-corrected chi connectivity index (χ2v) is 13.3. The Morgan fingerprint density at radius 1 is 1.00 bits per heavy atom. The summed E-state index contributed by atoms with van der Waals surface area (Å²) in [7, 11) is 0. The van der Waals surface area contributed by atoms with Gasteiger partial charge in [-0.2, -0.15) is 0 Å². The molecule has 0 N–H and O–H groups in total. The molecule has 3 heteroatoms. The molecule has 10 atom stereocenters. The molecule has 0 aromatic carbocycles. The number of ether oxygens (including phenoxy) is 1. The van der Waals surface area contributed by atoms with Gasteiger partial charge in [0.05, 0.1) is 0 Å². The Kier molecular flexibility index (Phi) is 7.06. The Hall–Kier alpha value is -0.600. The van der Waals surface area contributed by atoms with Crippen LogP contribution in [0.1, 0.15) is 112 Å². The highest BCUT2D eigenvalue weighted by molar-refractivity contribution is 5.66.